The van der Waals surface area contributed by atoms with Gasteiger partial charge in [0.1, 0.15) is 5.75 Å². The molecule has 0 spiro atoms. The van der Waals surface area contributed by atoms with Gasteiger partial charge in [-0.05, 0) is 36.4 Å². The highest BCUT2D eigenvalue weighted by molar-refractivity contribution is 5.85. The summed E-state index contributed by atoms with van der Waals surface area (Å²) in [5.74, 6) is 0.703. The highest BCUT2D eigenvalue weighted by Gasteiger charge is 2.06. The Morgan fingerprint density at radius 3 is 2.37 bits per heavy atom. The molecule has 1 heterocycles. The van der Waals surface area contributed by atoms with Crippen LogP contribution in [-0.2, 0) is 4.84 Å². The average molecular weight is 361 g/mol. The molecule has 0 bridgehead atoms. The smallest absolute Gasteiger partial charge is 0.435 e. The first-order valence-electron chi connectivity index (χ1n) is 8.24. The molecule has 6 nitrogen and oxygen atoms in total. The molecule has 1 amide bonds. The molecule has 0 aliphatic carbocycles. The molecular weight excluding hydrogens is 342 g/mol. The number of carbonyl (C=O) groups is 1. The van der Waals surface area contributed by atoms with E-state index in [0.717, 1.165) is 16.8 Å². The summed E-state index contributed by atoms with van der Waals surface area (Å²) in [6, 6.07) is 20.3. The third-order valence-electron chi connectivity index (χ3n) is 3.80. The minimum absolute atomic E-state index is 0.465. The Labute approximate surface area is 157 Å². The Bertz CT molecular complexity index is 908. The summed E-state index contributed by atoms with van der Waals surface area (Å²) in [7, 11) is 1.58. The van der Waals surface area contributed by atoms with E-state index in [1.54, 1.807) is 37.6 Å². The number of hydrogen-bond donors (Lipinski definition) is 2. The molecule has 6 heteroatoms. The number of carbonyl (C=O) groups excluding carboxylic acids is 1. The lowest BCUT2D eigenvalue weighted by Gasteiger charge is -2.11. The Morgan fingerprint density at radius 1 is 1.00 bits per heavy atom. The van der Waals surface area contributed by atoms with Crippen molar-refractivity contribution in [3.05, 3.63) is 85.1 Å². The van der Waals surface area contributed by atoms with Gasteiger partial charge in [-0.2, -0.15) is 0 Å². The standard InChI is InChI=1S/C21H19N3O3/c1-15(16-6-8-17(9-7-16)20-5-3-4-14-22-20)24-27-21(25)23-18-10-12-19(26-2)13-11-18/h3-14,24H,1H2,2H3,(H,23,25). The highest BCUT2D eigenvalue weighted by atomic mass is 16.7. The molecule has 3 rings (SSSR count). The van der Waals surface area contributed by atoms with Gasteiger partial charge < -0.3 is 9.57 Å². The molecule has 0 saturated heterocycles. The van der Waals surface area contributed by atoms with Crippen LogP contribution in [0.5, 0.6) is 5.75 Å². The first-order chi connectivity index (χ1) is 13.2. The monoisotopic (exact) mass is 361 g/mol. The van der Waals surface area contributed by atoms with E-state index in [0.29, 0.717) is 17.1 Å². The zero-order valence-corrected chi connectivity index (χ0v) is 14.8. The van der Waals surface area contributed by atoms with E-state index in [9.17, 15) is 4.79 Å². The second-order valence-electron chi connectivity index (χ2n) is 5.62. The summed E-state index contributed by atoms with van der Waals surface area (Å²) in [6.07, 6.45) is 1.10. The van der Waals surface area contributed by atoms with E-state index >= 15 is 0 Å². The molecule has 0 saturated carbocycles. The molecule has 0 atom stereocenters. The van der Waals surface area contributed by atoms with Crippen molar-refractivity contribution < 1.29 is 14.4 Å². The number of rotatable bonds is 6. The van der Waals surface area contributed by atoms with Crippen molar-refractivity contribution in [2.45, 2.75) is 0 Å². The van der Waals surface area contributed by atoms with Gasteiger partial charge in [0.15, 0.2) is 0 Å². The van der Waals surface area contributed by atoms with Crippen LogP contribution in [0.2, 0.25) is 0 Å². The Kier molecular flexibility index (Phi) is 5.69. The summed E-state index contributed by atoms with van der Waals surface area (Å²) >= 11 is 0. The van der Waals surface area contributed by atoms with Crippen molar-refractivity contribution in [3.8, 4) is 17.0 Å². The van der Waals surface area contributed by atoms with E-state index in [4.69, 9.17) is 9.57 Å². The van der Waals surface area contributed by atoms with Crippen LogP contribution in [0.3, 0.4) is 0 Å². The van der Waals surface area contributed by atoms with Gasteiger partial charge in [0.25, 0.3) is 0 Å². The number of nitrogens with one attached hydrogen (secondary N) is 2. The Morgan fingerprint density at radius 2 is 1.74 bits per heavy atom. The number of methoxy groups -OCH3 is 1. The van der Waals surface area contributed by atoms with Gasteiger partial charge in [-0.3, -0.25) is 10.3 Å². The van der Waals surface area contributed by atoms with E-state index in [-0.39, 0.29) is 0 Å². The molecule has 1 aromatic heterocycles. The molecule has 3 aromatic rings. The lowest BCUT2D eigenvalue weighted by atomic mass is 10.1. The molecular formula is C21H19N3O3. The summed E-state index contributed by atoms with van der Waals surface area (Å²) in [5, 5.41) is 2.60. The zero-order valence-electron chi connectivity index (χ0n) is 14.8. The maximum Gasteiger partial charge on any atom is 0.435 e. The van der Waals surface area contributed by atoms with Gasteiger partial charge in [0.05, 0.1) is 18.5 Å². The quantitative estimate of drug-likeness (QED) is 0.633. The van der Waals surface area contributed by atoms with Crippen molar-refractivity contribution >= 4 is 17.5 Å². The number of pyridine rings is 1. The van der Waals surface area contributed by atoms with E-state index in [2.05, 4.69) is 22.4 Å². The Balaban J connectivity index is 1.53. The van der Waals surface area contributed by atoms with Crippen LogP contribution in [0.1, 0.15) is 5.56 Å². The maximum atomic E-state index is 11.9. The molecule has 2 N–H and O–H groups in total. The number of hydroxylamine groups is 1. The molecule has 0 radical (unpaired) electrons. The third kappa shape index (κ3) is 4.85. The number of aromatic nitrogens is 1. The van der Waals surface area contributed by atoms with Crippen LogP contribution in [0, 0.1) is 0 Å². The zero-order chi connectivity index (χ0) is 19.1. The number of anilines is 1. The lowest BCUT2D eigenvalue weighted by molar-refractivity contribution is 0.131. The van der Waals surface area contributed by atoms with Crippen LogP contribution in [0.4, 0.5) is 10.5 Å². The molecule has 27 heavy (non-hydrogen) atoms. The highest BCUT2D eigenvalue weighted by Crippen LogP contribution is 2.19. The summed E-state index contributed by atoms with van der Waals surface area (Å²) in [4.78, 5) is 21.2. The van der Waals surface area contributed by atoms with E-state index < -0.39 is 6.09 Å². The topological polar surface area (TPSA) is 72.5 Å². The fourth-order valence-electron chi connectivity index (χ4n) is 2.36. The van der Waals surface area contributed by atoms with Gasteiger partial charge in [0, 0.05) is 23.0 Å². The lowest BCUT2D eigenvalue weighted by Crippen LogP contribution is -2.22. The number of amides is 1. The summed E-state index contributed by atoms with van der Waals surface area (Å²) in [5.41, 5.74) is 6.29. The van der Waals surface area contributed by atoms with Crippen LogP contribution >= 0.6 is 0 Å². The largest absolute Gasteiger partial charge is 0.497 e. The first kappa shape index (κ1) is 18.0. The van der Waals surface area contributed by atoms with Crippen LogP contribution < -0.4 is 15.5 Å². The first-order valence-corrected chi connectivity index (χ1v) is 8.24. The number of hydrogen-bond acceptors (Lipinski definition) is 5. The van der Waals surface area contributed by atoms with Crippen molar-refractivity contribution in [1.29, 1.82) is 0 Å². The van der Waals surface area contributed by atoms with Gasteiger partial charge in [0.2, 0.25) is 0 Å². The molecule has 2 aromatic carbocycles. The van der Waals surface area contributed by atoms with Crippen molar-refractivity contribution in [2.24, 2.45) is 0 Å². The fourth-order valence-corrected chi connectivity index (χ4v) is 2.36. The van der Waals surface area contributed by atoms with E-state index in [1.807, 2.05) is 42.5 Å². The SMILES string of the molecule is C=C(NOC(=O)Nc1ccc(OC)cc1)c1ccc(-c2ccccn2)cc1. The number of ether oxygens (including phenoxy) is 1. The molecule has 0 aliphatic heterocycles. The summed E-state index contributed by atoms with van der Waals surface area (Å²) < 4.78 is 5.07. The normalized spacial score (nSPS) is 9.96. The second-order valence-corrected chi connectivity index (χ2v) is 5.62. The van der Waals surface area contributed by atoms with Crippen molar-refractivity contribution in [1.82, 2.24) is 10.5 Å². The van der Waals surface area contributed by atoms with Crippen LogP contribution in [0.25, 0.3) is 17.0 Å². The van der Waals surface area contributed by atoms with Gasteiger partial charge >= 0.3 is 6.09 Å². The predicted molar refractivity (Wildman–Crippen MR) is 105 cm³/mol. The molecule has 0 aliphatic rings. The van der Waals surface area contributed by atoms with Crippen molar-refractivity contribution in [3.63, 3.8) is 0 Å². The minimum atomic E-state index is -0.647. The van der Waals surface area contributed by atoms with Gasteiger partial charge in [-0.1, -0.05) is 36.9 Å². The molecule has 0 unspecified atom stereocenters. The van der Waals surface area contributed by atoms with Gasteiger partial charge in [-0.25, -0.2) is 10.3 Å². The average Bonchev–Trinajstić information content (AvgIpc) is 2.73. The van der Waals surface area contributed by atoms with Crippen LogP contribution in [0.15, 0.2) is 79.5 Å². The third-order valence-corrected chi connectivity index (χ3v) is 3.80. The van der Waals surface area contributed by atoms with Crippen molar-refractivity contribution in [2.75, 3.05) is 12.4 Å². The fraction of sp³-hybridized carbons (Fsp3) is 0.0476. The second kappa shape index (κ2) is 8.53. The minimum Gasteiger partial charge on any atom is -0.497 e. The number of nitrogens with zero attached hydrogens (tertiary/aromatic N) is 1. The Hall–Kier alpha value is -3.80. The molecule has 136 valence electrons. The van der Waals surface area contributed by atoms with E-state index in [1.165, 1.54) is 0 Å². The van der Waals surface area contributed by atoms with Gasteiger partial charge in [-0.15, -0.1) is 0 Å². The predicted octanol–water partition coefficient (Wildman–Crippen LogP) is 4.48. The number of benzene rings is 2. The van der Waals surface area contributed by atoms with Crippen LogP contribution in [-0.4, -0.2) is 18.2 Å². The molecule has 0 fully saturated rings. The maximum absolute atomic E-state index is 11.9. The summed E-state index contributed by atoms with van der Waals surface area (Å²) in [6.45, 7) is 3.88.